The molecule has 0 saturated heterocycles. The smallest absolute Gasteiger partial charge is 0.315 e. The molecule has 86 valence electrons. The summed E-state index contributed by atoms with van der Waals surface area (Å²) in [4.78, 5) is 11.9. The van der Waals surface area contributed by atoms with E-state index < -0.39 is 11.0 Å². The largest absolute Gasteiger partial charge is 0.465 e. The third-order valence-electron chi connectivity index (χ3n) is 3.48. The van der Waals surface area contributed by atoms with Crippen LogP contribution >= 0.6 is 0 Å². The summed E-state index contributed by atoms with van der Waals surface area (Å²) in [7, 11) is 0. The monoisotopic (exact) mass is 212 g/mol. The van der Waals surface area contributed by atoms with Gasteiger partial charge in [-0.25, -0.2) is 0 Å². The van der Waals surface area contributed by atoms with Gasteiger partial charge >= 0.3 is 5.97 Å². The van der Waals surface area contributed by atoms with Gasteiger partial charge in [-0.3, -0.25) is 4.79 Å². The van der Waals surface area contributed by atoms with Crippen molar-refractivity contribution >= 4 is 5.97 Å². The van der Waals surface area contributed by atoms with E-state index in [4.69, 9.17) is 4.74 Å². The number of carbonyl (C=O) groups is 1. The average Bonchev–Trinajstić information content (AvgIpc) is 2.39. The number of esters is 1. The van der Waals surface area contributed by atoms with Crippen LogP contribution in [0, 0.1) is 5.41 Å². The van der Waals surface area contributed by atoms with Crippen LogP contribution in [0.5, 0.6) is 0 Å². The Morgan fingerprint density at radius 2 is 2.13 bits per heavy atom. The molecule has 0 aliphatic heterocycles. The van der Waals surface area contributed by atoms with Gasteiger partial charge in [0, 0.05) is 0 Å². The highest BCUT2D eigenvalue weighted by Crippen LogP contribution is 2.50. The van der Waals surface area contributed by atoms with E-state index in [0.717, 1.165) is 5.57 Å². The van der Waals surface area contributed by atoms with Crippen LogP contribution in [0.4, 0.5) is 0 Å². The van der Waals surface area contributed by atoms with E-state index in [1.807, 2.05) is 6.92 Å². The zero-order valence-corrected chi connectivity index (χ0v) is 9.80. The molecule has 0 unspecified atom stereocenters. The second-order valence-corrected chi connectivity index (χ2v) is 4.54. The quantitative estimate of drug-likeness (QED) is 0.575. The molecule has 15 heavy (non-hydrogen) atoms. The van der Waals surface area contributed by atoms with Crippen LogP contribution in [0.1, 0.15) is 40.0 Å². The summed E-state index contributed by atoms with van der Waals surface area (Å²) in [5.41, 5.74) is -0.888. The molecular formula is C12H20O3. The summed E-state index contributed by atoms with van der Waals surface area (Å²) in [6.07, 6.45) is 1.57. The van der Waals surface area contributed by atoms with E-state index in [-0.39, 0.29) is 5.97 Å². The zero-order chi connectivity index (χ0) is 11.7. The first-order chi connectivity index (χ1) is 6.89. The van der Waals surface area contributed by atoms with E-state index >= 15 is 0 Å². The number of hydrogen-bond acceptors (Lipinski definition) is 3. The molecule has 0 bridgehead atoms. The highest BCUT2D eigenvalue weighted by Gasteiger charge is 2.56. The SMILES string of the molecule is C=C1C[C@@](O)(CC)[C@](C)(C(=O)OCC)C1. The second-order valence-electron chi connectivity index (χ2n) is 4.54. The van der Waals surface area contributed by atoms with E-state index in [9.17, 15) is 9.90 Å². The maximum atomic E-state index is 11.9. The molecule has 0 aromatic carbocycles. The zero-order valence-electron chi connectivity index (χ0n) is 9.80. The third-order valence-corrected chi connectivity index (χ3v) is 3.48. The number of aliphatic hydroxyl groups is 1. The van der Waals surface area contributed by atoms with Gasteiger partial charge < -0.3 is 9.84 Å². The fraction of sp³-hybridized carbons (Fsp3) is 0.750. The lowest BCUT2D eigenvalue weighted by molar-refractivity contribution is -0.169. The number of carbonyl (C=O) groups excluding carboxylic acids is 1. The topological polar surface area (TPSA) is 46.5 Å². The second kappa shape index (κ2) is 3.97. The molecule has 3 heteroatoms. The summed E-state index contributed by atoms with van der Waals surface area (Å²) < 4.78 is 5.03. The van der Waals surface area contributed by atoms with Gasteiger partial charge in [0.15, 0.2) is 0 Å². The van der Waals surface area contributed by atoms with Gasteiger partial charge in [-0.05, 0) is 33.1 Å². The third kappa shape index (κ3) is 1.81. The van der Waals surface area contributed by atoms with Gasteiger partial charge in [0.25, 0.3) is 0 Å². The van der Waals surface area contributed by atoms with Crippen molar-refractivity contribution in [2.45, 2.75) is 45.6 Å². The Labute approximate surface area is 91.1 Å². The summed E-state index contributed by atoms with van der Waals surface area (Å²) in [6, 6.07) is 0. The average molecular weight is 212 g/mol. The molecule has 1 fully saturated rings. The molecule has 0 heterocycles. The van der Waals surface area contributed by atoms with E-state index in [1.54, 1.807) is 13.8 Å². The minimum Gasteiger partial charge on any atom is -0.465 e. The van der Waals surface area contributed by atoms with Gasteiger partial charge in [0.1, 0.15) is 0 Å². The Morgan fingerprint density at radius 3 is 2.60 bits per heavy atom. The molecule has 0 amide bonds. The van der Waals surface area contributed by atoms with Crippen molar-refractivity contribution in [2.75, 3.05) is 6.61 Å². The Hall–Kier alpha value is -0.830. The lowest BCUT2D eigenvalue weighted by atomic mass is 9.74. The van der Waals surface area contributed by atoms with Gasteiger partial charge in [0.05, 0.1) is 17.6 Å². The van der Waals surface area contributed by atoms with Crippen LogP contribution < -0.4 is 0 Å². The van der Waals surface area contributed by atoms with Gasteiger partial charge in [-0.15, -0.1) is 0 Å². The van der Waals surface area contributed by atoms with Crippen LogP contribution in [0.25, 0.3) is 0 Å². The number of hydrogen-bond donors (Lipinski definition) is 1. The van der Waals surface area contributed by atoms with Crippen molar-refractivity contribution in [2.24, 2.45) is 5.41 Å². The Bertz CT molecular complexity index is 285. The Morgan fingerprint density at radius 1 is 1.53 bits per heavy atom. The molecule has 0 aromatic rings. The lowest BCUT2D eigenvalue weighted by Crippen LogP contribution is -2.47. The molecule has 2 atom stereocenters. The van der Waals surface area contributed by atoms with Gasteiger partial charge in [0.2, 0.25) is 0 Å². The maximum absolute atomic E-state index is 11.9. The molecular weight excluding hydrogens is 192 g/mol. The normalized spacial score (nSPS) is 35.6. The molecule has 1 N–H and O–H groups in total. The van der Waals surface area contributed by atoms with Crippen LogP contribution in [0.3, 0.4) is 0 Å². The van der Waals surface area contributed by atoms with Gasteiger partial charge in [-0.1, -0.05) is 19.1 Å². The summed E-state index contributed by atoms with van der Waals surface area (Å²) >= 11 is 0. The molecule has 0 aromatic heterocycles. The van der Waals surface area contributed by atoms with Gasteiger partial charge in [-0.2, -0.15) is 0 Å². The van der Waals surface area contributed by atoms with Crippen LogP contribution in [-0.2, 0) is 9.53 Å². The molecule has 1 aliphatic carbocycles. The molecule has 0 spiro atoms. The first-order valence-corrected chi connectivity index (χ1v) is 5.46. The number of rotatable bonds is 3. The van der Waals surface area contributed by atoms with Crippen molar-refractivity contribution in [3.05, 3.63) is 12.2 Å². The predicted octanol–water partition coefficient (Wildman–Crippen LogP) is 2.05. The van der Waals surface area contributed by atoms with Crippen molar-refractivity contribution in [3.63, 3.8) is 0 Å². The molecule has 0 radical (unpaired) electrons. The predicted molar refractivity (Wildman–Crippen MR) is 58.4 cm³/mol. The Balaban J connectivity index is 2.99. The van der Waals surface area contributed by atoms with Crippen LogP contribution in [0.2, 0.25) is 0 Å². The fourth-order valence-electron chi connectivity index (χ4n) is 2.40. The van der Waals surface area contributed by atoms with Crippen molar-refractivity contribution in [3.8, 4) is 0 Å². The summed E-state index contributed by atoms with van der Waals surface area (Å²) in [5.74, 6) is -0.312. The van der Waals surface area contributed by atoms with Crippen molar-refractivity contribution in [1.82, 2.24) is 0 Å². The molecule has 1 aliphatic rings. The lowest BCUT2D eigenvalue weighted by Gasteiger charge is -2.36. The van der Waals surface area contributed by atoms with Crippen molar-refractivity contribution < 1.29 is 14.6 Å². The Kier molecular flexibility index (Phi) is 3.24. The molecule has 1 saturated carbocycles. The standard InChI is InChI=1S/C12H20O3/c1-5-12(14)8-9(3)7-11(12,4)10(13)15-6-2/h14H,3,5-8H2,1-2,4H3/t11-,12-/m0/s1. The van der Waals surface area contributed by atoms with E-state index in [1.165, 1.54) is 0 Å². The van der Waals surface area contributed by atoms with Crippen LogP contribution in [-0.4, -0.2) is 23.3 Å². The van der Waals surface area contributed by atoms with E-state index in [2.05, 4.69) is 6.58 Å². The first-order valence-electron chi connectivity index (χ1n) is 5.46. The summed E-state index contributed by atoms with van der Waals surface area (Å²) in [6.45, 7) is 9.65. The minimum atomic E-state index is -0.990. The molecule has 1 rings (SSSR count). The fourth-order valence-corrected chi connectivity index (χ4v) is 2.40. The van der Waals surface area contributed by atoms with Crippen molar-refractivity contribution in [1.29, 1.82) is 0 Å². The highest BCUT2D eigenvalue weighted by molar-refractivity contribution is 5.79. The molecule has 3 nitrogen and oxygen atoms in total. The van der Waals surface area contributed by atoms with E-state index in [0.29, 0.717) is 25.9 Å². The highest BCUT2D eigenvalue weighted by atomic mass is 16.5. The number of ether oxygens (including phenoxy) is 1. The van der Waals surface area contributed by atoms with Crippen LogP contribution in [0.15, 0.2) is 12.2 Å². The first kappa shape index (κ1) is 12.2. The summed E-state index contributed by atoms with van der Waals surface area (Å²) in [5, 5.41) is 10.4. The minimum absolute atomic E-state index is 0.312. The maximum Gasteiger partial charge on any atom is 0.315 e.